The average molecular weight is 349 g/mol. The summed E-state index contributed by atoms with van der Waals surface area (Å²) in [5.41, 5.74) is 1.46. The van der Waals surface area contributed by atoms with Crippen LogP contribution in [0.15, 0.2) is 73.2 Å². The highest BCUT2D eigenvalue weighted by molar-refractivity contribution is 5.93. The van der Waals surface area contributed by atoms with E-state index in [1.54, 1.807) is 36.8 Å². The molecule has 6 heteroatoms. The molecule has 0 aliphatic rings. The van der Waals surface area contributed by atoms with Crippen LogP contribution in [0.4, 0.5) is 0 Å². The first-order chi connectivity index (χ1) is 12.8. The quantitative estimate of drug-likeness (QED) is 0.633. The predicted octanol–water partition coefficient (Wildman–Crippen LogP) is 2.86. The molecule has 0 spiro atoms. The van der Waals surface area contributed by atoms with Gasteiger partial charge in [0.1, 0.15) is 19.0 Å². The zero-order chi connectivity index (χ0) is 18.0. The molecule has 26 heavy (non-hydrogen) atoms. The zero-order valence-corrected chi connectivity index (χ0v) is 14.2. The highest BCUT2D eigenvalue weighted by Gasteiger charge is 2.04. The van der Waals surface area contributed by atoms with Crippen LogP contribution in [-0.4, -0.2) is 29.1 Å². The normalized spacial score (nSPS) is 10.2. The standard InChI is InChI=1S/C20H19N3O3/c24-20(17-8-10-21-11-9-17)23-15-16-6-7-19(22-14-16)26-13-12-25-18-4-2-1-3-5-18/h1-11,14H,12-13,15H2,(H,23,24). The third-order valence-corrected chi connectivity index (χ3v) is 3.54. The molecular formula is C20H19N3O3. The van der Waals surface area contributed by atoms with Crippen LogP contribution in [0.3, 0.4) is 0 Å². The largest absolute Gasteiger partial charge is 0.490 e. The van der Waals surface area contributed by atoms with E-state index in [9.17, 15) is 4.79 Å². The molecular weight excluding hydrogens is 330 g/mol. The molecule has 3 rings (SSSR count). The fourth-order valence-electron chi connectivity index (χ4n) is 2.21. The van der Waals surface area contributed by atoms with E-state index < -0.39 is 0 Å². The van der Waals surface area contributed by atoms with Gasteiger partial charge in [-0.3, -0.25) is 9.78 Å². The van der Waals surface area contributed by atoms with Gasteiger partial charge in [0.2, 0.25) is 5.88 Å². The van der Waals surface area contributed by atoms with Gasteiger partial charge in [0.15, 0.2) is 0 Å². The summed E-state index contributed by atoms with van der Waals surface area (Å²) in [6, 6.07) is 16.6. The number of para-hydroxylation sites is 1. The lowest BCUT2D eigenvalue weighted by atomic mass is 10.2. The second kappa shape index (κ2) is 9.17. The summed E-state index contributed by atoms with van der Waals surface area (Å²) in [6.45, 7) is 1.24. The molecule has 1 N–H and O–H groups in total. The molecule has 132 valence electrons. The van der Waals surface area contributed by atoms with E-state index in [0.717, 1.165) is 11.3 Å². The second-order valence-electron chi connectivity index (χ2n) is 5.43. The van der Waals surface area contributed by atoms with Crippen LogP contribution in [0, 0.1) is 0 Å². The van der Waals surface area contributed by atoms with Gasteiger partial charge in [-0.05, 0) is 29.8 Å². The Morgan fingerprint density at radius 1 is 0.923 bits per heavy atom. The summed E-state index contributed by atoms with van der Waals surface area (Å²) in [5, 5.41) is 2.84. The molecule has 0 aliphatic heterocycles. The minimum Gasteiger partial charge on any atom is -0.490 e. The SMILES string of the molecule is O=C(NCc1ccc(OCCOc2ccccc2)nc1)c1ccncc1. The van der Waals surface area contributed by atoms with Gasteiger partial charge in [-0.25, -0.2) is 4.98 Å². The summed E-state index contributed by atoms with van der Waals surface area (Å²) in [5.74, 6) is 1.18. The third kappa shape index (κ3) is 5.31. The van der Waals surface area contributed by atoms with Gasteiger partial charge in [-0.2, -0.15) is 0 Å². The van der Waals surface area contributed by atoms with Crippen molar-refractivity contribution in [3.63, 3.8) is 0 Å². The summed E-state index contributed by atoms with van der Waals surface area (Å²) in [7, 11) is 0. The van der Waals surface area contributed by atoms with Gasteiger partial charge in [-0.1, -0.05) is 24.3 Å². The van der Waals surface area contributed by atoms with Crippen LogP contribution in [0.5, 0.6) is 11.6 Å². The van der Waals surface area contributed by atoms with Crippen molar-refractivity contribution in [2.75, 3.05) is 13.2 Å². The Hall–Kier alpha value is -3.41. The number of ether oxygens (including phenoxy) is 2. The molecule has 6 nitrogen and oxygen atoms in total. The molecule has 0 saturated carbocycles. The van der Waals surface area contributed by atoms with Crippen molar-refractivity contribution in [3.05, 3.63) is 84.3 Å². The Labute approximate surface area is 151 Å². The van der Waals surface area contributed by atoms with E-state index in [0.29, 0.717) is 31.2 Å². The first-order valence-electron chi connectivity index (χ1n) is 8.25. The lowest BCUT2D eigenvalue weighted by Crippen LogP contribution is -2.22. The molecule has 0 unspecified atom stereocenters. The second-order valence-corrected chi connectivity index (χ2v) is 5.43. The van der Waals surface area contributed by atoms with E-state index in [-0.39, 0.29) is 5.91 Å². The highest BCUT2D eigenvalue weighted by Crippen LogP contribution is 2.10. The maximum atomic E-state index is 12.0. The zero-order valence-electron chi connectivity index (χ0n) is 14.2. The maximum Gasteiger partial charge on any atom is 0.251 e. The Morgan fingerprint density at radius 3 is 2.42 bits per heavy atom. The number of carbonyl (C=O) groups excluding carboxylic acids is 1. The number of nitrogens with one attached hydrogen (secondary N) is 1. The monoisotopic (exact) mass is 349 g/mol. The van der Waals surface area contributed by atoms with Crippen molar-refractivity contribution < 1.29 is 14.3 Å². The Balaban J connectivity index is 1.40. The van der Waals surface area contributed by atoms with Gasteiger partial charge in [0.05, 0.1) is 0 Å². The van der Waals surface area contributed by atoms with Crippen LogP contribution in [0.2, 0.25) is 0 Å². The Bertz CT molecular complexity index is 809. The van der Waals surface area contributed by atoms with Gasteiger partial charge in [0.25, 0.3) is 5.91 Å². The summed E-state index contributed by atoms with van der Waals surface area (Å²) >= 11 is 0. The van der Waals surface area contributed by atoms with Crippen LogP contribution < -0.4 is 14.8 Å². The number of hydrogen-bond acceptors (Lipinski definition) is 5. The smallest absolute Gasteiger partial charge is 0.251 e. The van der Waals surface area contributed by atoms with Gasteiger partial charge >= 0.3 is 0 Å². The topological polar surface area (TPSA) is 73.3 Å². The molecule has 0 radical (unpaired) electrons. The number of nitrogens with zero attached hydrogens (tertiary/aromatic N) is 2. The third-order valence-electron chi connectivity index (χ3n) is 3.54. The molecule has 2 heterocycles. The number of rotatable bonds is 8. The molecule has 0 aliphatic carbocycles. The molecule has 1 aromatic carbocycles. The van der Waals surface area contributed by atoms with Crippen molar-refractivity contribution in [2.24, 2.45) is 0 Å². The number of aromatic nitrogens is 2. The first-order valence-corrected chi connectivity index (χ1v) is 8.25. The van der Waals surface area contributed by atoms with Crippen molar-refractivity contribution in [3.8, 4) is 11.6 Å². The van der Waals surface area contributed by atoms with Gasteiger partial charge in [0, 0.05) is 36.8 Å². The number of carbonyl (C=O) groups is 1. The summed E-state index contributed by atoms with van der Waals surface area (Å²) in [4.78, 5) is 20.1. The lowest BCUT2D eigenvalue weighted by molar-refractivity contribution is 0.0951. The van der Waals surface area contributed by atoms with Gasteiger partial charge < -0.3 is 14.8 Å². The number of hydrogen-bond donors (Lipinski definition) is 1. The molecule has 0 fully saturated rings. The minimum absolute atomic E-state index is 0.147. The van der Waals surface area contributed by atoms with Crippen molar-refractivity contribution in [2.45, 2.75) is 6.54 Å². The summed E-state index contributed by atoms with van der Waals surface area (Å²) < 4.78 is 11.1. The number of pyridine rings is 2. The molecule has 1 amide bonds. The van der Waals surface area contributed by atoms with Crippen LogP contribution in [0.1, 0.15) is 15.9 Å². The molecule has 0 bridgehead atoms. The van der Waals surface area contributed by atoms with Crippen LogP contribution >= 0.6 is 0 Å². The fourth-order valence-corrected chi connectivity index (χ4v) is 2.21. The fraction of sp³-hybridized carbons (Fsp3) is 0.150. The highest BCUT2D eigenvalue weighted by atomic mass is 16.5. The predicted molar refractivity (Wildman–Crippen MR) is 97.1 cm³/mol. The van der Waals surface area contributed by atoms with E-state index >= 15 is 0 Å². The van der Waals surface area contributed by atoms with Crippen molar-refractivity contribution in [1.29, 1.82) is 0 Å². The summed E-state index contributed by atoms with van der Waals surface area (Å²) in [6.07, 6.45) is 4.86. The average Bonchev–Trinajstić information content (AvgIpc) is 2.72. The molecule has 0 saturated heterocycles. The lowest BCUT2D eigenvalue weighted by Gasteiger charge is -2.08. The van der Waals surface area contributed by atoms with Crippen molar-refractivity contribution in [1.82, 2.24) is 15.3 Å². The number of benzene rings is 1. The first kappa shape index (κ1) is 17.4. The van der Waals surface area contributed by atoms with E-state index in [2.05, 4.69) is 15.3 Å². The van der Waals surface area contributed by atoms with Crippen molar-refractivity contribution >= 4 is 5.91 Å². The van der Waals surface area contributed by atoms with E-state index in [1.165, 1.54) is 0 Å². The Morgan fingerprint density at radius 2 is 1.69 bits per heavy atom. The maximum absolute atomic E-state index is 12.0. The molecule has 2 aromatic heterocycles. The van der Waals surface area contributed by atoms with Crippen LogP contribution in [-0.2, 0) is 6.54 Å². The van der Waals surface area contributed by atoms with Crippen LogP contribution in [0.25, 0.3) is 0 Å². The van der Waals surface area contributed by atoms with E-state index in [4.69, 9.17) is 9.47 Å². The Kier molecular flexibility index (Phi) is 6.14. The molecule has 0 atom stereocenters. The minimum atomic E-state index is -0.147. The number of amides is 1. The van der Waals surface area contributed by atoms with E-state index in [1.807, 2.05) is 36.4 Å². The molecule has 3 aromatic rings. The van der Waals surface area contributed by atoms with Gasteiger partial charge in [-0.15, -0.1) is 0 Å².